The van der Waals surface area contributed by atoms with Crippen molar-refractivity contribution in [2.24, 2.45) is 5.73 Å². The van der Waals surface area contributed by atoms with Crippen molar-refractivity contribution in [1.82, 2.24) is 4.98 Å². The highest BCUT2D eigenvalue weighted by molar-refractivity contribution is 5.86. The smallest absolute Gasteiger partial charge is 0.320 e. The number of carboxylic acids is 1. The Hall–Kier alpha value is -2.01. The maximum atomic E-state index is 11.2. The molecule has 3 rings (SSSR count). The fraction of sp³-hybridized carbons (Fsp3) is 0.471. The number of carboxylic acid groups (broad SMARTS) is 1. The first-order chi connectivity index (χ1) is 12.3. The molecule has 0 unspecified atom stereocenters. The van der Waals surface area contributed by atoms with Crippen LogP contribution in [-0.4, -0.2) is 73.6 Å². The summed E-state index contributed by atoms with van der Waals surface area (Å²) in [7, 11) is 0. The molecular weight excluding hydrogens is 344 g/mol. The van der Waals surface area contributed by atoms with Gasteiger partial charge in [0.1, 0.15) is 36.6 Å². The zero-order valence-electron chi connectivity index (χ0n) is 13.8. The van der Waals surface area contributed by atoms with Crippen LogP contribution >= 0.6 is 0 Å². The highest BCUT2D eigenvalue weighted by Gasteiger charge is 2.45. The number of para-hydroxylation sites is 1. The number of aliphatic hydroxyl groups is 4. The molecule has 0 aliphatic carbocycles. The summed E-state index contributed by atoms with van der Waals surface area (Å²) < 4.78 is 5.60. The SMILES string of the molecule is N[C@@H](Cc1c([C@H]2O[C@H](CO)[C@@H](O)[C@H](O)[C@@H]2O)[nH]c2ccccc12)C(=O)O. The van der Waals surface area contributed by atoms with Gasteiger partial charge in [0.2, 0.25) is 0 Å². The van der Waals surface area contributed by atoms with E-state index < -0.39 is 49.1 Å². The number of benzene rings is 1. The number of nitrogens with one attached hydrogen (secondary N) is 1. The molecule has 1 aromatic heterocycles. The number of fused-ring (bicyclic) bond motifs is 1. The van der Waals surface area contributed by atoms with Gasteiger partial charge < -0.3 is 41.0 Å². The molecule has 8 N–H and O–H groups in total. The van der Waals surface area contributed by atoms with Gasteiger partial charge in [0, 0.05) is 17.3 Å². The summed E-state index contributed by atoms with van der Waals surface area (Å²) in [5, 5.41) is 49.6. The van der Waals surface area contributed by atoms with Crippen molar-refractivity contribution < 1.29 is 35.1 Å². The van der Waals surface area contributed by atoms with Crippen LogP contribution in [0.25, 0.3) is 10.9 Å². The minimum absolute atomic E-state index is 0.0241. The molecule has 26 heavy (non-hydrogen) atoms. The standard InChI is InChI=1S/C17H22N2O7/c18-9(17(24)25)5-8-7-3-1-2-4-10(7)19-12(8)16-15(23)14(22)13(21)11(6-20)26-16/h1-4,9,11,13-16,19-23H,5-6,18H2,(H,24,25)/t9-,11+,13+,14-,15-,16+/m0/s1. The van der Waals surface area contributed by atoms with Crippen molar-refractivity contribution in [1.29, 1.82) is 0 Å². The first-order valence-electron chi connectivity index (χ1n) is 8.23. The molecule has 9 heteroatoms. The quantitative estimate of drug-likeness (QED) is 0.340. The first-order valence-corrected chi connectivity index (χ1v) is 8.23. The number of ether oxygens (including phenoxy) is 1. The summed E-state index contributed by atoms with van der Waals surface area (Å²) in [5.74, 6) is -1.17. The molecule has 0 spiro atoms. The summed E-state index contributed by atoms with van der Waals surface area (Å²) in [6.07, 6.45) is -6.65. The largest absolute Gasteiger partial charge is 0.480 e. The fourth-order valence-corrected chi connectivity index (χ4v) is 3.33. The van der Waals surface area contributed by atoms with E-state index in [9.17, 15) is 25.2 Å². The van der Waals surface area contributed by atoms with Gasteiger partial charge in [-0.3, -0.25) is 4.79 Å². The Morgan fingerprint density at radius 2 is 1.88 bits per heavy atom. The highest BCUT2D eigenvalue weighted by atomic mass is 16.5. The van der Waals surface area contributed by atoms with Gasteiger partial charge in [0.25, 0.3) is 0 Å². The minimum Gasteiger partial charge on any atom is -0.480 e. The zero-order chi connectivity index (χ0) is 19.0. The predicted octanol–water partition coefficient (Wildman–Crippen LogP) is -1.36. The molecule has 0 saturated carbocycles. The van der Waals surface area contributed by atoms with E-state index in [-0.39, 0.29) is 6.42 Å². The number of hydrogen-bond donors (Lipinski definition) is 7. The molecule has 2 heterocycles. The molecule has 9 nitrogen and oxygen atoms in total. The maximum Gasteiger partial charge on any atom is 0.320 e. The molecular formula is C17H22N2O7. The summed E-state index contributed by atoms with van der Waals surface area (Å²) in [4.78, 5) is 14.3. The third-order valence-corrected chi connectivity index (χ3v) is 4.76. The van der Waals surface area contributed by atoms with Gasteiger partial charge in [-0.05, 0) is 11.6 Å². The molecule has 1 aromatic carbocycles. The van der Waals surface area contributed by atoms with Crippen LogP contribution in [-0.2, 0) is 16.0 Å². The average molecular weight is 366 g/mol. The Labute approximate surface area is 148 Å². The van der Waals surface area contributed by atoms with Crippen molar-refractivity contribution in [3.8, 4) is 0 Å². The normalized spacial score (nSPS) is 30.4. The lowest BCUT2D eigenvalue weighted by Crippen LogP contribution is -2.55. The van der Waals surface area contributed by atoms with Gasteiger partial charge in [0.15, 0.2) is 0 Å². The second kappa shape index (κ2) is 7.31. The Morgan fingerprint density at radius 1 is 1.19 bits per heavy atom. The second-order valence-corrected chi connectivity index (χ2v) is 6.46. The Bertz CT molecular complexity index is 791. The first kappa shape index (κ1) is 18.8. The minimum atomic E-state index is -1.53. The topological polar surface area (TPSA) is 169 Å². The number of aliphatic carboxylic acids is 1. The monoisotopic (exact) mass is 366 g/mol. The van der Waals surface area contributed by atoms with Gasteiger partial charge >= 0.3 is 5.97 Å². The molecule has 0 radical (unpaired) electrons. The summed E-state index contributed by atoms with van der Waals surface area (Å²) in [5.41, 5.74) is 7.28. The van der Waals surface area contributed by atoms with Crippen LogP contribution in [0.4, 0.5) is 0 Å². The average Bonchev–Trinajstić information content (AvgIpc) is 2.98. The molecule has 1 aliphatic heterocycles. The predicted molar refractivity (Wildman–Crippen MR) is 90.3 cm³/mol. The van der Waals surface area contributed by atoms with Gasteiger partial charge in [0.05, 0.1) is 12.3 Å². The van der Waals surface area contributed by atoms with E-state index in [4.69, 9.17) is 15.6 Å². The van der Waals surface area contributed by atoms with Crippen LogP contribution in [0.15, 0.2) is 24.3 Å². The van der Waals surface area contributed by atoms with Crippen LogP contribution in [0.2, 0.25) is 0 Å². The van der Waals surface area contributed by atoms with E-state index in [0.717, 1.165) is 5.39 Å². The van der Waals surface area contributed by atoms with E-state index in [0.29, 0.717) is 16.8 Å². The van der Waals surface area contributed by atoms with Crippen molar-refractivity contribution >= 4 is 16.9 Å². The third kappa shape index (κ3) is 3.20. The second-order valence-electron chi connectivity index (χ2n) is 6.46. The molecule has 0 bridgehead atoms. The van der Waals surface area contributed by atoms with Gasteiger partial charge in [-0.25, -0.2) is 0 Å². The van der Waals surface area contributed by atoms with Crippen LogP contribution in [0.3, 0.4) is 0 Å². The molecule has 6 atom stereocenters. The van der Waals surface area contributed by atoms with Gasteiger partial charge in [-0.15, -0.1) is 0 Å². The highest BCUT2D eigenvalue weighted by Crippen LogP contribution is 2.36. The molecule has 1 saturated heterocycles. The molecule has 142 valence electrons. The number of aromatic nitrogens is 1. The Morgan fingerprint density at radius 3 is 2.54 bits per heavy atom. The number of aromatic amines is 1. The number of aliphatic hydroxyl groups excluding tert-OH is 4. The summed E-state index contributed by atoms with van der Waals surface area (Å²) in [6, 6.07) is 5.96. The van der Waals surface area contributed by atoms with E-state index in [1.54, 1.807) is 24.3 Å². The fourth-order valence-electron chi connectivity index (χ4n) is 3.33. The zero-order valence-corrected chi connectivity index (χ0v) is 13.8. The lowest BCUT2D eigenvalue weighted by atomic mass is 9.90. The van der Waals surface area contributed by atoms with Crippen LogP contribution < -0.4 is 5.73 Å². The molecule has 1 aliphatic rings. The third-order valence-electron chi connectivity index (χ3n) is 4.76. The van der Waals surface area contributed by atoms with Crippen LogP contribution in [0, 0.1) is 0 Å². The van der Waals surface area contributed by atoms with E-state index in [2.05, 4.69) is 4.98 Å². The van der Waals surface area contributed by atoms with Crippen LogP contribution in [0.5, 0.6) is 0 Å². The maximum absolute atomic E-state index is 11.2. The van der Waals surface area contributed by atoms with Crippen LogP contribution in [0.1, 0.15) is 17.4 Å². The Kier molecular flexibility index (Phi) is 5.28. The number of H-pyrrole nitrogens is 1. The van der Waals surface area contributed by atoms with E-state index in [1.807, 2.05) is 0 Å². The van der Waals surface area contributed by atoms with Crippen molar-refractivity contribution in [3.05, 3.63) is 35.5 Å². The Balaban J connectivity index is 2.07. The lowest BCUT2D eigenvalue weighted by molar-refractivity contribution is -0.232. The van der Waals surface area contributed by atoms with Gasteiger partial charge in [-0.1, -0.05) is 18.2 Å². The molecule has 1 fully saturated rings. The molecule has 2 aromatic rings. The van der Waals surface area contributed by atoms with E-state index >= 15 is 0 Å². The lowest BCUT2D eigenvalue weighted by Gasteiger charge is -2.40. The number of hydrogen-bond acceptors (Lipinski definition) is 7. The van der Waals surface area contributed by atoms with Crippen molar-refractivity contribution in [2.45, 2.75) is 43.0 Å². The summed E-state index contributed by atoms with van der Waals surface area (Å²) in [6.45, 7) is -0.550. The van der Waals surface area contributed by atoms with E-state index in [1.165, 1.54) is 0 Å². The number of carbonyl (C=O) groups is 1. The van der Waals surface area contributed by atoms with Gasteiger partial charge in [-0.2, -0.15) is 0 Å². The number of nitrogens with two attached hydrogens (primary N) is 1. The number of rotatable bonds is 5. The molecule has 0 amide bonds. The van der Waals surface area contributed by atoms with Crippen molar-refractivity contribution in [2.75, 3.05) is 6.61 Å². The summed E-state index contributed by atoms with van der Waals surface area (Å²) >= 11 is 0. The van der Waals surface area contributed by atoms with Crippen molar-refractivity contribution in [3.63, 3.8) is 0 Å².